The van der Waals surface area contributed by atoms with Crippen LogP contribution in [0, 0.1) is 6.92 Å². The SMILES string of the molecule is C=C(Br)CNc1cc(C)ccc1OC. The van der Waals surface area contributed by atoms with Crippen molar-refractivity contribution in [3.63, 3.8) is 0 Å². The predicted molar refractivity (Wildman–Crippen MR) is 64.3 cm³/mol. The highest BCUT2D eigenvalue weighted by Gasteiger charge is 2.01. The van der Waals surface area contributed by atoms with Crippen LogP contribution >= 0.6 is 15.9 Å². The van der Waals surface area contributed by atoms with Crippen molar-refractivity contribution in [1.82, 2.24) is 0 Å². The zero-order valence-corrected chi connectivity index (χ0v) is 10.0. The third kappa shape index (κ3) is 3.07. The van der Waals surface area contributed by atoms with E-state index in [9.17, 15) is 0 Å². The molecule has 0 radical (unpaired) electrons. The number of anilines is 1. The molecule has 0 amide bonds. The van der Waals surface area contributed by atoms with E-state index in [1.54, 1.807) is 7.11 Å². The first kappa shape index (κ1) is 11.1. The van der Waals surface area contributed by atoms with Gasteiger partial charge in [-0.05, 0) is 24.6 Å². The lowest BCUT2D eigenvalue weighted by atomic mass is 10.2. The van der Waals surface area contributed by atoms with Gasteiger partial charge in [0.1, 0.15) is 5.75 Å². The van der Waals surface area contributed by atoms with Crippen LogP contribution in [0.1, 0.15) is 5.56 Å². The molecule has 2 nitrogen and oxygen atoms in total. The van der Waals surface area contributed by atoms with Crippen LogP contribution in [0.3, 0.4) is 0 Å². The Labute approximate surface area is 93.1 Å². The lowest BCUT2D eigenvalue weighted by Crippen LogP contribution is -2.02. The first-order valence-corrected chi connectivity index (χ1v) is 5.14. The molecule has 0 aliphatic heterocycles. The van der Waals surface area contributed by atoms with Crippen molar-refractivity contribution in [2.75, 3.05) is 19.0 Å². The van der Waals surface area contributed by atoms with E-state index in [4.69, 9.17) is 4.74 Å². The molecule has 3 heteroatoms. The molecular weight excluding hydrogens is 242 g/mol. The largest absolute Gasteiger partial charge is 0.495 e. The van der Waals surface area contributed by atoms with Gasteiger partial charge in [-0.25, -0.2) is 0 Å². The second-order valence-electron chi connectivity index (χ2n) is 3.07. The highest BCUT2D eigenvalue weighted by Crippen LogP contribution is 2.25. The molecule has 1 N–H and O–H groups in total. The van der Waals surface area contributed by atoms with E-state index < -0.39 is 0 Å². The minimum absolute atomic E-state index is 0.694. The van der Waals surface area contributed by atoms with Gasteiger partial charge in [0.05, 0.1) is 12.8 Å². The van der Waals surface area contributed by atoms with Crippen LogP contribution in [0.2, 0.25) is 0 Å². The molecule has 0 saturated heterocycles. The third-order valence-electron chi connectivity index (χ3n) is 1.83. The summed E-state index contributed by atoms with van der Waals surface area (Å²) in [4.78, 5) is 0. The fourth-order valence-corrected chi connectivity index (χ4v) is 1.29. The molecule has 0 heterocycles. The maximum Gasteiger partial charge on any atom is 0.141 e. The van der Waals surface area contributed by atoms with Gasteiger partial charge in [0, 0.05) is 11.0 Å². The predicted octanol–water partition coefficient (Wildman–Crippen LogP) is 3.32. The molecule has 0 spiro atoms. The van der Waals surface area contributed by atoms with Crippen molar-refractivity contribution >= 4 is 21.6 Å². The Morgan fingerprint density at radius 3 is 2.86 bits per heavy atom. The lowest BCUT2D eigenvalue weighted by Gasteiger charge is -2.11. The van der Waals surface area contributed by atoms with Gasteiger partial charge in [0.2, 0.25) is 0 Å². The topological polar surface area (TPSA) is 21.3 Å². The lowest BCUT2D eigenvalue weighted by molar-refractivity contribution is 0.416. The number of methoxy groups -OCH3 is 1. The van der Waals surface area contributed by atoms with E-state index in [0.29, 0.717) is 6.54 Å². The minimum Gasteiger partial charge on any atom is -0.495 e. The number of halogens is 1. The highest BCUT2D eigenvalue weighted by atomic mass is 79.9. The minimum atomic E-state index is 0.694. The number of ether oxygens (including phenoxy) is 1. The standard InChI is InChI=1S/C11H14BrNO/c1-8-4-5-11(14-3)10(6-8)13-7-9(2)12/h4-6,13H,2,7H2,1,3H3. The Bertz CT molecular complexity index is 336. The van der Waals surface area contributed by atoms with Crippen molar-refractivity contribution in [2.24, 2.45) is 0 Å². The van der Waals surface area contributed by atoms with E-state index >= 15 is 0 Å². The molecule has 1 aromatic carbocycles. The summed E-state index contributed by atoms with van der Waals surface area (Å²) in [6.45, 7) is 6.50. The summed E-state index contributed by atoms with van der Waals surface area (Å²) in [5.41, 5.74) is 2.20. The van der Waals surface area contributed by atoms with Gasteiger partial charge < -0.3 is 10.1 Å². The molecule has 0 saturated carbocycles. The van der Waals surface area contributed by atoms with Crippen LogP contribution in [0.25, 0.3) is 0 Å². The van der Waals surface area contributed by atoms with Gasteiger partial charge in [-0.3, -0.25) is 0 Å². The quantitative estimate of drug-likeness (QED) is 0.892. The maximum atomic E-state index is 5.23. The fourth-order valence-electron chi connectivity index (χ4n) is 1.15. The summed E-state index contributed by atoms with van der Waals surface area (Å²) in [6.07, 6.45) is 0. The Hall–Kier alpha value is -0.960. The Kier molecular flexibility index (Phi) is 4.01. The molecule has 1 aromatic rings. The van der Waals surface area contributed by atoms with Crippen LogP contribution in [0.4, 0.5) is 5.69 Å². The third-order valence-corrected chi connectivity index (χ3v) is 2.11. The second-order valence-corrected chi connectivity index (χ2v) is 4.20. The summed E-state index contributed by atoms with van der Waals surface area (Å²) in [6, 6.07) is 6.02. The zero-order valence-electron chi connectivity index (χ0n) is 8.43. The van der Waals surface area contributed by atoms with E-state index in [1.807, 2.05) is 19.1 Å². The van der Waals surface area contributed by atoms with E-state index in [2.05, 4.69) is 33.9 Å². The van der Waals surface area contributed by atoms with E-state index in [0.717, 1.165) is 15.9 Å². The number of benzene rings is 1. The van der Waals surface area contributed by atoms with Gasteiger partial charge in [-0.2, -0.15) is 0 Å². The van der Waals surface area contributed by atoms with Crippen LogP contribution in [0.5, 0.6) is 5.75 Å². The average molecular weight is 256 g/mol. The molecule has 0 aliphatic carbocycles. The number of hydrogen-bond donors (Lipinski definition) is 1. The number of hydrogen-bond acceptors (Lipinski definition) is 2. The van der Waals surface area contributed by atoms with Gasteiger partial charge >= 0.3 is 0 Å². The van der Waals surface area contributed by atoms with Gasteiger partial charge in [-0.15, -0.1) is 0 Å². The Morgan fingerprint density at radius 2 is 2.29 bits per heavy atom. The summed E-state index contributed by atoms with van der Waals surface area (Å²) in [5, 5.41) is 3.23. The smallest absolute Gasteiger partial charge is 0.141 e. The first-order valence-electron chi connectivity index (χ1n) is 4.35. The van der Waals surface area contributed by atoms with Crippen LogP contribution in [0.15, 0.2) is 29.3 Å². The van der Waals surface area contributed by atoms with Crippen molar-refractivity contribution in [2.45, 2.75) is 6.92 Å². The van der Waals surface area contributed by atoms with Crippen LogP contribution in [-0.4, -0.2) is 13.7 Å². The normalized spacial score (nSPS) is 9.64. The van der Waals surface area contributed by atoms with Gasteiger partial charge in [0.15, 0.2) is 0 Å². The molecule has 0 atom stereocenters. The summed E-state index contributed by atoms with van der Waals surface area (Å²) < 4.78 is 6.14. The average Bonchev–Trinajstić information content (AvgIpc) is 2.15. The van der Waals surface area contributed by atoms with Crippen molar-refractivity contribution in [3.05, 3.63) is 34.8 Å². The zero-order chi connectivity index (χ0) is 10.6. The number of nitrogens with one attached hydrogen (secondary N) is 1. The van der Waals surface area contributed by atoms with Crippen molar-refractivity contribution in [1.29, 1.82) is 0 Å². The molecule has 0 fully saturated rings. The molecule has 0 aliphatic rings. The maximum absolute atomic E-state index is 5.23. The molecule has 0 unspecified atom stereocenters. The first-order chi connectivity index (χ1) is 6.63. The molecule has 0 aromatic heterocycles. The Balaban J connectivity index is 2.82. The van der Waals surface area contributed by atoms with Crippen LogP contribution in [-0.2, 0) is 0 Å². The van der Waals surface area contributed by atoms with E-state index in [1.165, 1.54) is 5.56 Å². The molecule has 1 rings (SSSR count). The Morgan fingerprint density at radius 1 is 1.57 bits per heavy atom. The highest BCUT2D eigenvalue weighted by molar-refractivity contribution is 9.11. The number of rotatable bonds is 4. The van der Waals surface area contributed by atoms with Gasteiger partial charge in [-0.1, -0.05) is 28.6 Å². The van der Waals surface area contributed by atoms with Crippen molar-refractivity contribution < 1.29 is 4.74 Å². The number of aryl methyl sites for hydroxylation is 1. The van der Waals surface area contributed by atoms with Crippen molar-refractivity contribution in [3.8, 4) is 5.75 Å². The van der Waals surface area contributed by atoms with E-state index in [-0.39, 0.29) is 0 Å². The summed E-state index contributed by atoms with van der Waals surface area (Å²) in [7, 11) is 1.67. The molecule has 14 heavy (non-hydrogen) atoms. The second kappa shape index (κ2) is 5.05. The summed E-state index contributed by atoms with van der Waals surface area (Å²) >= 11 is 3.30. The fraction of sp³-hybridized carbons (Fsp3) is 0.273. The summed E-state index contributed by atoms with van der Waals surface area (Å²) in [5.74, 6) is 0.851. The molecule has 0 bridgehead atoms. The molecule has 76 valence electrons. The monoisotopic (exact) mass is 255 g/mol. The van der Waals surface area contributed by atoms with Gasteiger partial charge in [0.25, 0.3) is 0 Å². The molecular formula is C11H14BrNO. The van der Waals surface area contributed by atoms with Crippen LogP contribution < -0.4 is 10.1 Å².